The minimum absolute atomic E-state index is 0.0561. The first-order chi connectivity index (χ1) is 9.02. The Labute approximate surface area is 114 Å². The van der Waals surface area contributed by atoms with Crippen molar-refractivity contribution in [1.29, 1.82) is 0 Å². The number of aliphatic hydroxyl groups is 1. The number of rotatable bonds is 6. The van der Waals surface area contributed by atoms with Gasteiger partial charge in [0.2, 0.25) is 0 Å². The first-order valence-electron chi connectivity index (χ1n) is 6.66. The monoisotopic (exact) mass is 284 g/mol. The van der Waals surface area contributed by atoms with Gasteiger partial charge in [0.25, 0.3) is 0 Å². The van der Waals surface area contributed by atoms with Gasteiger partial charge in [-0.25, -0.2) is 8.42 Å². The van der Waals surface area contributed by atoms with E-state index in [2.05, 4.69) is 0 Å². The zero-order valence-electron chi connectivity index (χ0n) is 11.1. The molecule has 1 aliphatic carbocycles. The van der Waals surface area contributed by atoms with Crippen molar-refractivity contribution in [3.63, 3.8) is 0 Å². The van der Waals surface area contributed by atoms with Gasteiger partial charge in [0.1, 0.15) is 12.4 Å². The summed E-state index contributed by atoms with van der Waals surface area (Å²) in [7, 11) is -2.99. The Balaban J connectivity index is 1.91. The summed E-state index contributed by atoms with van der Waals surface area (Å²) in [5.41, 5.74) is 2.06. The van der Waals surface area contributed by atoms with Gasteiger partial charge < -0.3 is 9.84 Å². The third-order valence-corrected chi connectivity index (χ3v) is 5.16. The van der Waals surface area contributed by atoms with Crippen LogP contribution >= 0.6 is 0 Å². The van der Waals surface area contributed by atoms with Crippen LogP contribution in [0.2, 0.25) is 0 Å². The molecule has 1 aliphatic rings. The second-order valence-corrected chi connectivity index (χ2v) is 7.22. The van der Waals surface area contributed by atoms with Crippen LogP contribution in [0.5, 0.6) is 5.75 Å². The molecule has 0 saturated carbocycles. The maximum atomic E-state index is 11.5. The molecule has 1 aromatic carbocycles. The number of hydrogen-bond acceptors (Lipinski definition) is 4. The van der Waals surface area contributed by atoms with Crippen LogP contribution in [0.1, 0.15) is 37.0 Å². The Morgan fingerprint density at radius 1 is 1.37 bits per heavy atom. The van der Waals surface area contributed by atoms with Crippen molar-refractivity contribution in [2.75, 3.05) is 18.1 Å². The minimum atomic E-state index is -2.99. The molecule has 1 unspecified atom stereocenters. The van der Waals surface area contributed by atoms with Crippen LogP contribution in [0, 0.1) is 0 Å². The number of ether oxygens (including phenoxy) is 1. The molecule has 0 amide bonds. The predicted octanol–water partition coefficient (Wildman–Crippen LogP) is 1.87. The lowest BCUT2D eigenvalue weighted by Gasteiger charge is -2.09. The molecule has 0 fully saturated rings. The quantitative estimate of drug-likeness (QED) is 0.866. The number of fused-ring (bicyclic) bond motifs is 1. The molecule has 0 spiro atoms. The molecule has 1 atom stereocenters. The van der Waals surface area contributed by atoms with E-state index in [0.717, 1.165) is 24.0 Å². The van der Waals surface area contributed by atoms with Gasteiger partial charge in [-0.15, -0.1) is 0 Å². The van der Waals surface area contributed by atoms with Crippen LogP contribution in [-0.4, -0.2) is 31.6 Å². The van der Waals surface area contributed by atoms with Gasteiger partial charge in [-0.05, 0) is 42.5 Å². The van der Waals surface area contributed by atoms with Gasteiger partial charge in [-0.3, -0.25) is 0 Å². The van der Waals surface area contributed by atoms with E-state index in [1.807, 2.05) is 19.1 Å². The normalized spacial score (nSPS) is 18.3. The summed E-state index contributed by atoms with van der Waals surface area (Å²) in [6, 6.07) is 5.56. The Morgan fingerprint density at radius 3 is 2.89 bits per heavy atom. The molecular formula is C14H20O4S. The summed E-state index contributed by atoms with van der Waals surface area (Å²) < 4.78 is 28.6. The van der Waals surface area contributed by atoms with Gasteiger partial charge in [0.15, 0.2) is 9.84 Å². The fourth-order valence-corrected chi connectivity index (χ4v) is 3.52. The molecule has 4 nitrogen and oxygen atoms in total. The average molecular weight is 284 g/mol. The predicted molar refractivity (Wildman–Crippen MR) is 74.2 cm³/mol. The smallest absolute Gasteiger partial charge is 0.153 e. The highest BCUT2D eigenvalue weighted by molar-refractivity contribution is 7.91. The lowest BCUT2D eigenvalue weighted by molar-refractivity contribution is 0.180. The molecule has 0 bridgehead atoms. The number of aryl methyl sites for hydroxylation is 1. The largest absolute Gasteiger partial charge is 0.493 e. The van der Waals surface area contributed by atoms with Crippen molar-refractivity contribution in [3.05, 3.63) is 29.3 Å². The molecule has 0 radical (unpaired) electrons. The van der Waals surface area contributed by atoms with Gasteiger partial charge >= 0.3 is 0 Å². The lowest BCUT2D eigenvalue weighted by atomic mass is 10.1. The van der Waals surface area contributed by atoms with Crippen molar-refractivity contribution in [3.8, 4) is 5.75 Å². The molecule has 5 heteroatoms. The van der Waals surface area contributed by atoms with Crippen LogP contribution < -0.4 is 4.74 Å². The highest BCUT2D eigenvalue weighted by Gasteiger charge is 2.20. The van der Waals surface area contributed by atoms with Gasteiger partial charge in [0, 0.05) is 0 Å². The van der Waals surface area contributed by atoms with Crippen molar-refractivity contribution < 1.29 is 18.3 Å². The van der Waals surface area contributed by atoms with Crippen LogP contribution in [0.3, 0.4) is 0 Å². The molecule has 106 valence electrons. The zero-order valence-corrected chi connectivity index (χ0v) is 11.9. The highest BCUT2D eigenvalue weighted by atomic mass is 32.2. The van der Waals surface area contributed by atoms with Crippen molar-refractivity contribution in [1.82, 2.24) is 0 Å². The number of benzene rings is 1. The standard InChI is InChI=1S/C14H20O4S/c1-2-8-19(16,17)9-7-18-12-4-5-13-11(10-12)3-6-14(13)15/h4-5,10,14-15H,2-3,6-9H2,1H3. The summed E-state index contributed by atoms with van der Waals surface area (Å²) in [4.78, 5) is 0. The summed E-state index contributed by atoms with van der Waals surface area (Å²) in [6.07, 6.45) is 1.87. The molecule has 2 rings (SSSR count). The SMILES string of the molecule is CCCS(=O)(=O)CCOc1ccc2c(c1)CCC2O. The maximum absolute atomic E-state index is 11.5. The van der Waals surface area contributed by atoms with Crippen LogP contribution in [0.4, 0.5) is 0 Å². The molecule has 0 heterocycles. The number of hydrogen-bond donors (Lipinski definition) is 1. The van der Waals surface area contributed by atoms with E-state index in [1.165, 1.54) is 0 Å². The summed E-state index contributed by atoms with van der Waals surface area (Å²) in [5.74, 6) is 0.951. The van der Waals surface area contributed by atoms with Gasteiger partial charge in [-0.1, -0.05) is 13.0 Å². The fourth-order valence-electron chi connectivity index (χ4n) is 2.36. The topological polar surface area (TPSA) is 63.6 Å². The molecule has 0 aliphatic heterocycles. The zero-order chi connectivity index (χ0) is 13.9. The van der Waals surface area contributed by atoms with E-state index in [4.69, 9.17) is 4.74 Å². The number of sulfone groups is 1. The molecule has 1 N–H and O–H groups in total. The maximum Gasteiger partial charge on any atom is 0.153 e. The van der Waals surface area contributed by atoms with Gasteiger partial charge in [-0.2, -0.15) is 0 Å². The van der Waals surface area contributed by atoms with E-state index >= 15 is 0 Å². The van der Waals surface area contributed by atoms with Crippen LogP contribution in [0.25, 0.3) is 0 Å². The Hall–Kier alpha value is -1.07. The Kier molecular flexibility index (Phi) is 4.47. The molecule has 0 saturated heterocycles. The van der Waals surface area contributed by atoms with Crippen LogP contribution in [-0.2, 0) is 16.3 Å². The fraction of sp³-hybridized carbons (Fsp3) is 0.571. The second-order valence-electron chi connectivity index (χ2n) is 4.92. The number of aliphatic hydroxyl groups excluding tert-OH is 1. The second kappa shape index (κ2) is 5.92. The highest BCUT2D eigenvalue weighted by Crippen LogP contribution is 2.33. The third kappa shape index (κ3) is 3.70. The molecule has 1 aromatic rings. The van der Waals surface area contributed by atoms with Crippen molar-refractivity contribution in [2.45, 2.75) is 32.3 Å². The van der Waals surface area contributed by atoms with E-state index in [0.29, 0.717) is 12.2 Å². The van der Waals surface area contributed by atoms with Gasteiger partial charge in [0.05, 0.1) is 17.6 Å². The van der Waals surface area contributed by atoms with Crippen molar-refractivity contribution in [2.24, 2.45) is 0 Å². The van der Waals surface area contributed by atoms with E-state index < -0.39 is 9.84 Å². The van der Waals surface area contributed by atoms with E-state index in [9.17, 15) is 13.5 Å². The first-order valence-corrected chi connectivity index (χ1v) is 8.48. The Morgan fingerprint density at radius 2 is 2.16 bits per heavy atom. The first kappa shape index (κ1) is 14.3. The average Bonchev–Trinajstić information content (AvgIpc) is 2.70. The Bertz CT molecular complexity index is 536. The summed E-state index contributed by atoms with van der Waals surface area (Å²) in [5, 5.41) is 9.69. The lowest BCUT2D eigenvalue weighted by Crippen LogP contribution is -2.16. The molecule has 19 heavy (non-hydrogen) atoms. The van der Waals surface area contributed by atoms with Crippen molar-refractivity contribution >= 4 is 9.84 Å². The van der Waals surface area contributed by atoms with E-state index in [-0.39, 0.29) is 24.2 Å². The van der Waals surface area contributed by atoms with E-state index in [1.54, 1.807) is 6.07 Å². The molecule has 0 aromatic heterocycles. The summed E-state index contributed by atoms with van der Waals surface area (Å²) >= 11 is 0. The minimum Gasteiger partial charge on any atom is -0.493 e. The third-order valence-electron chi connectivity index (χ3n) is 3.34. The van der Waals surface area contributed by atoms with Crippen LogP contribution in [0.15, 0.2) is 18.2 Å². The summed E-state index contributed by atoms with van der Waals surface area (Å²) in [6.45, 7) is 2.04. The molecular weight excluding hydrogens is 264 g/mol.